The van der Waals surface area contributed by atoms with E-state index in [-0.39, 0.29) is 12.0 Å². The summed E-state index contributed by atoms with van der Waals surface area (Å²) in [5, 5.41) is 17.6. The van der Waals surface area contributed by atoms with E-state index in [0.29, 0.717) is 5.56 Å². The second kappa shape index (κ2) is 4.97. The molecule has 1 unspecified atom stereocenters. The molecule has 5 heteroatoms. The van der Waals surface area contributed by atoms with Crippen LogP contribution in [0.4, 0.5) is 0 Å². The van der Waals surface area contributed by atoms with Crippen LogP contribution in [0.3, 0.4) is 0 Å². The van der Waals surface area contributed by atoms with Crippen LogP contribution in [0.15, 0.2) is 12.1 Å². The van der Waals surface area contributed by atoms with E-state index in [4.69, 9.17) is 15.9 Å². The Morgan fingerprint density at radius 3 is 2.35 bits per heavy atom. The topological polar surface area (TPSA) is 101 Å². The molecule has 0 aromatic heterocycles. The van der Waals surface area contributed by atoms with Gasteiger partial charge in [0.15, 0.2) is 0 Å². The second-order valence-electron chi connectivity index (χ2n) is 4.02. The van der Waals surface area contributed by atoms with Gasteiger partial charge in [0.2, 0.25) is 0 Å². The van der Waals surface area contributed by atoms with Crippen LogP contribution in [0, 0.1) is 13.8 Å². The Kier molecular flexibility index (Phi) is 3.85. The summed E-state index contributed by atoms with van der Waals surface area (Å²) in [4.78, 5) is 21.5. The predicted octanol–water partition coefficient (Wildman–Crippen LogP) is 1.48. The number of nitrogens with two attached hydrogens (primary N) is 1. The number of carbonyl (C=O) groups is 2. The molecule has 1 aromatic carbocycles. The number of aliphatic carboxylic acids is 1. The molecule has 1 atom stereocenters. The zero-order chi connectivity index (χ0) is 13.2. The van der Waals surface area contributed by atoms with Crippen molar-refractivity contribution in [3.63, 3.8) is 0 Å². The lowest BCUT2D eigenvalue weighted by atomic mass is 9.93. The molecule has 4 N–H and O–H groups in total. The molecule has 0 fully saturated rings. The van der Waals surface area contributed by atoms with Gasteiger partial charge in [-0.05, 0) is 42.7 Å². The van der Waals surface area contributed by atoms with Crippen molar-refractivity contribution in [2.75, 3.05) is 0 Å². The van der Waals surface area contributed by atoms with Crippen molar-refractivity contribution in [1.29, 1.82) is 0 Å². The highest BCUT2D eigenvalue weighted by Gasteiger charge is 2.16. The molecule has 5 nitrogen and oxygen atoms in total. The lowest BCUT2D eigenvalue weighted by molar-refractivity contribution is -0.137. The first kappa shape index (κ1) is 13.2. The molecule has 17 heavy (non-hydrogen) atoms. The number of aryl methyl sites for hydroxylation is 1. The zero-order valence-electron chi connectivity index (χ0n) is 9.73. The highest BCUT2D eigenvalue weighted by molar-refractivity contribution is 5.88. The maximum atomic E-state index is 10.9. The van der Waals surface area contributed by atoms with Crippen molar-refractivity contribution < 1.29 is 19.8 Å². The van der Waals surface area contributed by atoms with Crippen molar-refractivity contribution in [2.24, 2.45) is 5.73 Å². The van der Waals surface area contributed by atoms with Crippen molar-refractivity contribution in [2.45, 2.75) is 26.3 Å². The number of carboxylic acids is 2. The number of rotatable bonds is 4. The third-order valence-corrected chi connectivity index (χ3v) is 2.75. The van der Waals surface area contributed by atoms with Crippen LogP contribution in [0.2, 0.25) is 0 Å². The van der Waals surface area contributed by atoms with Crippen molar-refractivity contribution in [3.05, 3.63) is 34.4 Å². The van der Waals surface area contributed by atoms with Crippen LogP contribution in [0.25, 0.3) is 0 Å². The first-order valence-corrected chi connectivity index (χ1v) is 5.14. The smallest absolute Gasteiger partial charge is 0.335 e. The molecule has 0 radical (unpaired) electrons. The number of aromatic carboxylic acids is 1. The monoisotopic (exact) mass is 237 g/mol. The zero-order valence-corrected chi connectivity index (χ0v) is 9.73. The van der Waals surface area contributed by atoms with Crippen LogP contribution in [-0.4, -0.2) is 22.2 Å². The Hall–Kier alpha value is -1.88. The second-order valence-corrected chi connectivity index (χ2v) is 4.02. The quantitative estimate of drug-likeness (QED) is 0.736. The van der Waals surface area contributed by atoms with Gasteiger partial charge < -0.3 is 15.9 Å². The van der Waals surface area contributed by atoms with Gasteiger partial charge in [-0.2, -0.15) is 0 Å². The number of hydrogen-bond acceptors (Lipinski definition) is 3. The van der Waals surface area contributed by atoms with Crippen molar-refractivity contribution in [1.82, 2.24) is 0 Å². The number of carboxylic acid groups (broad SMARTS) is 2. The van der Waals surface area contributed by atoms with Crippen LogP contribution in [-0.2, 0) is 4.79 Å². The Morgan fingerprint density at radius 2 is 1.88 bits per heavy atom. The van der Waals surface area contributed by atoms with Crippen LogP contribution < -0.4 is 5.73 Å². The van der Waals surface area contributed by atoms with E-state index in [1.54, 1.807) is 19.9 Å². The van der Waals surface area contributed by atoms with Crippen LogP contribution in [0.1, 0.15) is 39.5 Å². The molecule has 0 amide bonds. The average Bonchev–Trinajstić information content (AvgIpc) is 2.20. The summed E-state index contributed by atoms with van der Waals surface area (Å²) in [5.41, 5.74) is 8.09. The van der Waals surface area contributed by atoms with E-state index in [1.165, 1.54) is 6.07 Å². The minimum absolute atomic E-state index is 0.129. The van der Waals surface area contributed by atoms with E-state index in [0.717, 1.165) is 11.1 Å². The lowest BCUT2D eigenvalue weighted by Gasteiger charge is -2.15. The van der Waals surface area contributed by atoms with Gasteiger partial charge >= 0.3 is 11.9 Å². The Balaban J connectivity index is 3.22. The standard InChI is InChI=1S/C12H15NO4/c1-6-3-8(12(16)17)4-9(7(6)2)10(13)5-11(14)15/h3-4,10H,5,13H2,1-2H3,(H,14,15)(H,16,17). The third kappa shape index (κ3) is 3.04. The molecule has 0 spiro atoms. The molecule has 0 aliphatic carbocycles. The van der Waals surface area contributed by atoms with E-state index in [2.05, 4.69) is 0 Å². The maximum absolute atomic E-state index is 10.9. The largest absolute Gasteiger partial charge is 0.481 e. The molecular formula is C12H15NO4. The fraction of sp³-hybridized carbons (Fsp3) is 0.333. The first-order chi connectivity index (χ1) is 7.82. The van der Waals surface area contributed by atoms with E-state index < -0.39 is 18.0 Å². The molecule has 0 aliphatic rings. The van der Waals surface area contributed by atoms with E-state index in [1.807, 2.05) is 0 Å². The van der Waals surface area contributed by atoms with Crippen molar-refractivity contribution in [3.8, 4) is 0 Å². The molecule has 1 aromatic rings. The van der Waals surface area contributed by atoms with Crippen molar-refractivity contribution >= 4 is 11.9 Å². The van der Waals surface area contributed by atoms with Gasteiger partial charge in [0.1, 0.15) is 0 Å². The average molecular weight is 237 g/mol. The molecule has 92 valence electrons. The van der Waals surface area contributed by atoms with Gasteiger partial charge in [0, 0.05) is 6.04 Å². The molecule has 1 rings (SSSR count). The Labute approximate surface area is 98.9 Å². The van der Waals surface area contributed by atoms with Gasteiger partial charge in [-0.3, -0.25) is 4.79 Å². The lowest BCUT2D eigenvalue weighted by Crippen LogP contribution is -2.17. The fourth-order valence-electron chi connectivity index (χ4n) is 1.69. The minimum Gasteiger partial charge on any atom is -0.481 e. The highest BCUT2D eigenvalue weighted by atomic mass is 16.4. The van der Waals surface area contributed by atoms with Crippen LogP contribution in [0.5, 0.6) is 0 Å². The maximum Gasteiger partial charge on any atom is 0.335 e. The van der Waals surface area contributed by atoms with Gasteiger partial charge in [0.25, 0.3) is 0 Å². The number of benzene rings is 1. The molecule has 0 heterocycles. The summed E-state index contributed by atoms with van der Waals surface area (Å²) in [6.45, 7) is 3.58. The normalized spacial score (nSPS) is 12.2. The van der Waals surface area contributed by atoms with Gasteiger partial charge in [0.05, 0.1) is 12.0 Å². The molecule has 0 saturated heterocycles. The molecular weight excluding hydrogens is 222 g/mol. The minimum atomic E-state index is -1.04. The Morgan fingerprint density at radius 1 is 1.29 bits per heavy atom. The van der Waals surface area contributed by atoms with Gasteiger partial charge in [-0.15, -0.1) is 0 Å². The molecule has 0 aliphatic heterocycles. The van der Waals surface area contributed by atoms with E-state index >= 15 is 0 Å². The summed E-state index contributed by atoms with van der Waals surface area (Å²) in [7, 11) is 0. The summed E-state index contributed by atoms with van der Waals surface area (Å²) in [6.07, 6.45) is -0.219. The van der Waals surface area contributed by atoms with Crippen LogP contribution >= 0.6 is 0 Å². The number of hydrogen-bond donors (Lipinski definition) is 3. The highest BCUT2D eigenvalue weighted by Crippen LogP contribution is 2.23. The SMILES string of the molecule is Cc1cc(C(=O)O)cc(C(N)CC(=O)O)c1C. The first-order valence-electron chi connectivity index (χ1n) is 5.14. The third-order valence-electron chi connectivity index (χ3n) is 2.75. The fourth-order valence-corrected chi connectivity index (χ4v) is 1.69. The summed E-state index contributed by atoms with van der Waals surface area (Å²) < 4.78 is 0. The summed E-state index contributed by atoms with van der Waals surface area (Å²) in [5.74, 6) is -2.05. The van der Waals surface area contributed by atoms with E-state index in [9.17, 15) is 9.59 Å². The molecule has 0 bridgehead atoms. The predicted molar refractivity (Wildman–Crippen MR) is 62.1 cm³/mol. The van der Waals surface area contributed by atoms with Gasteiger partial charge in [-0.25, -0.2) is 4.79 Å². The molecule has 0 saturated carbocycles. The summed E-state index contributed by atoms with van der Waals surface area (Å²) in [6, 6.07) is 2.30. The summed E-state index contributed by atoms with van der Waals surface area (Å²) >= 11 is 0. The van der Waals surface area contributed by atoms with Gasteiger partial charge in [-0.1, -0.05) is 0 Å². The Bertz CT molecular complexity index is 468.